The molecule has 1 saturated heterocycles. The number of benzene rings is 1. The number of rotatable bonds is 4. The van der Waals surface area contributed by atoms with Gasteiger partial charge in [-0.15, -0.1) is 24.0 Å². The number of hydrogen-bond donors (Lipinski definition) is 1. The normalized spacial score (nSPS) is 15.0. The average molecular weight is 472 g/mol. The molecule has 0 amide bonds. The number of piperazine rings is 1. The van der Waals surface area contributed by atoms with Crippen LogP contribution in [-0.4, -0.2) is 53.4 Å². The number of nitrogens with zero attached hydrogens (tertiary/aromatic N) is 5. The van der Waals surface area contributed by atoms with Crippen molar-refractivity contribution in [1.29, 1.82) is 0 Å². The van der Waals surface area contributed by atoms with E-state index in [1.54, 1.807) is 6.20 Å². The molecular formula is C18H26FIN6. The summed E-state index contributed by atoms with van der Waals surface area (Å²) in [6.45, 7) is 7.07. The summed E-state index contributed by atoms with van der Waals surface area (Å²) in [4.78, 5) is 9.31. The van der Waals surface area contributed by atoms with Crippen LogP contribution in [0.1, 0.15) is 12.6 Å². The second-order valence-electron chi connectivity index (χ2n) is 6.07. The van der Waals surface area contributed by atoms with Crippen LogP contribution in [0.5, 0.6) is 0 Å². The Morgan fingerprint density at radius 1 is 1.15 bits per heavy atom. The number of aromatic nitrogens is 2. The zero-order chi connectivity index (χ0) is 17.6. The highest BCUT2D eigenvalue weighted by molar-refractivity contribution is 14.0. The van der Waals surface area contributed by atoms with Crippen LogP contribution in [0.3, 0.4) is 0 Å². The van der Waals surface area contributed by atoms with Gasteiger partial charge < -0.3 is 15.1 Å². The summed E-state index contributed by atoms with van der Waals surface area (Å²) in [5, 5.41) is 7.56. The molecule has 2 aromatic rings. The maximum Gasteiger partial charge on any atom is 0.194 e. The van der Waals surface area contributed by atoms with E-state index >= 15 is 0 Å². The molecule has 1 aromatic carbocycles. The van der Waals surface area contributed by atoms with E-state index in [9.17, 15) is 4.39 Å². The van der Waals surface area contributed by atoms with Crippen LogP contribution in [-0.2, 0) is 13.6 Å². The molecule has 2 heterocycles. The van der Waals surface area contributed by atoms with Crippen molar-refractivity contribution in [3.05, 3.63) is 48.0 Å². The Morgan fingerprint density at radius 2 is 1.85 bits per heavy atom. The van der Waals surface area contributed by atoms with Gasteiger partial charge >= 0.3 is 0 Å². The average Bonchev–Trinajstić information content (AvgIpc) is 3.04. The molecule has 1 N–H and O–H groups in total. The van der Waals surface area contributed by atoms with Crippen molar-refractivity contribution in [2.75, 3.05) is 37.6 Å². The van der Waals surface area contributed by atoms with E-state index in [-0.39, 0.29) is 29.8 Å². The fourth-order valence-corrected chi connectivity index (χ4v) is 2.97. The van der Waals surface area contributed by atoms with Gasteiger partial charge in [-0.1, -0.05) is 0 Å². The Hall–Kier alpha value is -1.84. The van der Waals surface area contributed by atoms with E-state index in [0.717, 1.165) is 50.1 Å². The summed E-state index contributed by atoms with van der Waals surface area (Å²) in [6.07, 6.45) is 1.79. The molecule has 1 aromatic heterocycles. The van der Waals surface area contributed by atoms with Crippen LogP contribution in [0.2, 0.25) is 0 Å². The van der Waals surface area contributed by atoms with Crippen molar-refractivity contribution in [2.45, 2.75) is 13.5 Å². The Labute approximate surface area is 171 Å². The summed E-state index contributed by atoms with van der Waals surface area (Å²) in [5.41, 5.74) is 2.15. The third-order valence-electron chi connectivity index (χ3n) is 4.42. The molecule has 0 spiro atoms. The summed E-state index contributed by atoms with van der Waals surface area (Å²) in [7, 11) is 1.93. The van der Waals surface area contributed by atoms with Crippen LogP contribution in [0.4, 0.5) is 10.1 Å². The predicted molar refractivity (Wildman–Crippen MR) is 114 cm³/mol. The Kier molecular flexibility index (Phi) is 7.67. The second kappa shape index (κ2) is 9.75. The largest absolute Gasteiger partial charge is 0.368 e. The molecule has 1 fully saturated rings. The first kappa shape index (κ1) is 20.5. The van der Waals surface area contributed by atoms with Gasteiger partial charge in [-0.25, -0.2) is 9.38 Å². The number of nitrogens with one attached hydrogen (secondary N) is 1. The molecule has 0 radical (unpaired) electrons. The highest BCUT2D eigenvalue weighted by Crippen LogP contribution is 2.17. The van der Waals surface area contributed by atoms with Gasteiger partial charge in [0.1, 0.15) is 5.82 Å². The molecular weight excluding hydrogens is 446 g/mol. The lowest BCUT2D eigenvalue weighted by Crippen LogP contribution is -2.52. The van der Waals surface area contributed by atoms with Crippen molar-refractivity contribution in [3.63, 3.8) is 0 Å². The number of aliphatic imine (C=N–C) groups is 1. The number of hydrogen-bond acceptors (Lipinski definition) is 3. The minimum Gasteiger partial charge on any atom is -0.368 e. The third-order valence-corrected chi connectivity index (χ3v) is 4.42. The van der Waals surface area contributed by atoms with Gasteiger partial charge in [0.2, 0.25) is 0 Å². The third kappa shape index (κ3) is 5.09. The number of aryl methyl sites for hydroxylation is 1. The van der Waals surface area contributed by atoms with Gasteiger partial charge in [-0.2, -0.15) is 5.10 Å². The molecule has 6 nitrogen and oxygen atoms in total. The standard InChI is InChI=1S/C18H25FN6.HI/c1-3-20-18(21-14-17-8-9-22-23(17)2)25-12-10-24(11-13-25)16-6-4-15(19)5-7-16;/h4-9H,3,10-14H2,1-2H3,(H,20,21);1H. The highest BCUT2D eigenvalue weighted by atomic mass is 127. The molecule has 0 saturated carbocycles. The van der Waals surface area contributed by atoms with Crippen molar-refractivity contribution < 1.29 is 4.39 Å². The van der Waals surface area contributed by atoms with Gasteiger partial charge in [0.15, 0.2) is 5.96 Å². The van der Waals surface area contributed by atoms with Gasteiger partial charge in [0.05, 0.1) is 12.2 Å². The van der Waals surface area contributed by atoms with E-state index in [1.807, 2.05) is 29.9 Å². The molecule has 0 atom stereocenters. The zero-order valence-corrected chi connectivity index (χ0v) is 17.6. The first-order valence-electron chi connectivity index (χ1n) is 8.68. The van der Waals surface area contributed by atoms with Crippen molar-refractivity contribution in [2.24, 2.45) is 12.0 Å². The fraction of sp³-hybridized carbons (Fsp3) is 0.444. The van der Waals surface area contributed by atoms with Crippen LogP contribution >= 0.6 is 24.0 Å². The molecule has 142 valence electrons. The summed E-state index contributed by atoms with van der Waals surface area (Å²) in [5.74, 6) is 0.738. The maximum atomic E-state index is 13.1. The highest BCUT2D eigenvalue weighted by Gasteiger charge is 2.20. The monoisotopic (exact) mass is 472 g/mol. The lowest BCUT2D eigenvalue weighted by Gasteiger charge is -2.37. The Morgan fingerprint density at radius 3 is 2.42 bits per heavy atom. The van der Waals surface area contributed by atoms with E-state index in [1.165, 1.54) is 12.1 Å². The fourth-order valence-electron chi connectivity index (χ4n) is 2.97. The molecule has 0 bridgehead atoms. The van der Waals surface area contributed by atoms with Gasteiger partial charge in [0.25, 0.3) is 0 Å². The summed E-state index contributed by atoms with van der Waals surface area (Å²) in [6, 6.07) is 8.70. The van der Waals surface area contributed by atoms with Crippen LogP contribution in [0, 0.1) is 5.82 Å². The van der Waals surface area contributed by atoms with Crippen molar-refractivity contribution >= 4 is 35.6 Å². The molecule has 0 unspecified atom stereocenters. The van der Waals surface area contributed by atoms with E-state index in [2.05, 4.69) is 27.1 Å². The van der Waals surface area contributed by atoms with Crippen molar-refractivity contribution in [1.82, 2.24) is 20.0 Å². The SMILES string of the molecule is CCNC(=NCc1ccnn1C)N1CCN(c2ccc(F)cc2)CC1.I. The van der Waals surface area contributed by atoms with Gasteiger partial charge in [-0.3, -0.25) is 4.68 Å². The van der Waals surface area contributed by atoms with E-state index in [4.69, 9.17) is 4.99 Å². The molecule has 1 aliphatic rings. The predicted octanol–water partition coefficient (Wildman–Crippen LogP) is 2.46. The molecule has 3 rings (SSSR count). The lowest BCUT2D eigenvalue weighted by atomic mass is 10.2. The Balaban J connectivity index is 0.00000243. The summed E-state index contributed by atoms with van der Waals surface area (Å²) < 4.78 is 14.9. The molecule has 8 heteroatoms. The first-order chi connectivity index (χ1) is 12.2. The Bertz CT molecular complexity index is 707. The second-order valence-corrected chi connectivity index (χ2v) is 6.07. The first-order valence-corrected chi connectivity index (χ1v) is 8.68. The molecule has 26 heavy (non-hydrogen) atoms. The van der Waals surface area contributed by atoms with Gasteiger partial charge in [-0.05, 0) is 37.3 Å². The van der Waals surface area contributed by atoms with Crippen LogP contribution in [0.25, 0.3) is 0 Å². The van der Waals surface area contributed by atoms with E-state index < -0.39 is 0 Å². The lowest BCUT2D eigenvalue weighted by molar-refractivity contribution is 0.372. The number of halogens is 2. The maximum absolute atomic E-state index is 13.1. The summed E-state index contributed by atoms with van der Waals surface area (Å²) >= 11 is 0. The smallest absolute Gasteiger partial charge is 0.194 e. The van der Waals surface area contributed by atoms with Crippen molar-refractivity contribution in [3.8, 4) is 0 Å². The van der Waals surface area contributed by atoms with Crippen LogP contribution < -0.4 is 10.2 Å². The zero-order valence-electron chi connectivity index (χ0n) is 15.2. The molecule has 1 aliphatic heterocycles. The van der Waals surface area contributed by atoms with Gasteiger partial charge in [0, 0.05) is 51.7 Å². The van der Waals surface area contributed by atoms with E-state index in [0.29, 0.717) is 6.54 Å². The topological polar surface area (TPSA) is 48.7 Å². The minimum absolute atomic E-state index is 0. The van der Waals surface area contributed by atoms with Crippen LogP contribution in [0.15, 0.2) is 41.5 Å². The quantitative estimate of drug-likeness (QED) is 0.422. The minimum atomic E-state index is -0.195. The molecule has 0 aliphatic carbocycles. The number of anilines is 1. The number of guanidine groups is 1.